The van der Waals surface area contributed by atoms with E-state index in [1.807, 2.05) is 47.7 Å². The summed E-state index contributed by atoms with van der Waals surface area (Å²) in [5, 5.41) is 7.72. The van der Waals surface area contributed by atoms with Gasteiger partial charge in [-0.2, -0.15) is 5.10 Å². The van der Waals surface area contributed by atoms with Crippen molar-refractivity contribution in [3.63, 3.8) is 0 Å². The van der Waals surface area contributed by atoms with E-state index >= 15 is 0 Å². The summed E-state index contributed by atoms with van der Waals surface area (Å²) in [5.41, 5.74) is 6.17. The molecule has 0 atom stereocenters. The van der Waals surface area contributed by atoms with Gasteiger partial charge in [-0.3, -0.25) is 9.78 Å². The van der Waals surface area contributed by atoms with Gasteiger partial charge >= 0.3 is 0 Å². The van der Waals surface area contributed by atoms with Crippen molar-refractivity contribution in [1.82, 2.24) is 25.0 Å². The minimum absolute atomic E-state index is 0.0107. The Hall–Kier alpha value is -2.99. The van der Waals surface area contributed by atoms with Gasteiger partial charge in [0.15, 0.2) is 0 Å². The predicted octanol–water partition coefficient (Wildman–Crippen LogP) is 4.94. The molecular formula is C29H35N5O. The van der Waals surface area contributed by atoms with Crippen molar-refractivity contribution in [2.75, 3.05) is 13.1 Å². The van der Waals surface area contributed by atoms with E-state index in [4.69, 9.17) is 0 Å². The molecule has 1 amide bonds. The van der Waals surface area contributed by atoms with E-state index < -0.39 is 0 Å². The first-order valence-corrected chi connectivity index (χ1v) is 13.3. The molecule has 0 radical (unpaired) electrons. The smallest absolute Gasteiger partial charge is 0.251 e. The lowest BCUT2D eigenvalue weighted by Crippen LogP contribution is -2.45. The zero-order valence-electron chi connectivity index (χ0n) is 20.6. The van der Waals surface area contributed by atoms with Gasteiger partial charge in [-0.05, 0) is 106 Å². The normalized spacial score (nSPS) is 19.5. The Labute approximate surface area is 207 Å². The fourth-order valence-electron chi connectivity index (χ4n) is 5.49. The average Bonchev–Trinajstić information content (AvgIpc) is 3.51. The van der Waals surface area contributed by atoms with Gasteiger partial charge in [0.1, 0.15) is 0 Å². The predicted molar refractivity (Wildman–Crippen MR) is 138 cm³/mol. The van der Waals surface area contributed by atoms with E-state index in [9.17, 15) is 4.79 Å². The van der Waals surface area contributed by atoms with Gasteiger partial charge in [-0.25, -0.2) is 4.68 Å². The molecule has 2 aromatic heterocycles. The van der Waals surface area contributed by atoms with Crippen LogP contribution < -0.4 is 5.32 Å². The third-order valence-corrected chi connectivity index (χ3v) is 8.12. The number of likely N-dealkylation sites (tertiary alicyclic amines) is 1. The standard InChI is InChI=1S/C29H35N5O/c1-20-5-6-23(29(35)32-25-7-8-25)15-28(20)24-17-31-34(19-24)27-14-22(16-30-18-27)13-21-9-11-33(12-10-21)26-3-2-4-26/h5-6,14-19,21,25-26H,2-4,7-13H2,1H3,(H,32,35). The number of pyridine rings is 1. The van der Waals surface area contributed by atoms with Crippen LogP contribution in [0.2, 0.25) is 0 Å². The molecule has 6 nitrogen and oxygen atoms in total. The first-order chi connectivity index (χ1) is 17.1. The number of nitrogens with one attached hydrogen (secondary N) is 1. The maximum atomic E-state index is 12.5. The number of nitrogens with zero attached hydrogens (tertiary/aromatic N) is 4. The number of benzene rings is 1. The van der Waals surface area contributed by atoms with Crippen LogP contribution in [0, 0.1) is 12.8 Å². The fourth-order valence-corrected chi connectivity index (χ4v) is 5.49. The van der Waals surface area contributed by atoms with E-state index in [0.29, 0.717) is 11.6 Å². The quantitative estimate of drug-likeness (QED) is 0.532. The van der Waals surface area contributed by atoms with Crippen molar-refractivity contribution >= 4 is 5.91 Å². The van der Waals surface area contributed by atoms with E-state index in [1.165, 1.54) is 50.8 Å². The number of aromatic nitrogens is 3. The Morgan fingerprint density at radius 2 is 1.86 bits per heavy atom. The highest BCUT2D eigenvalue weighted by molar-refractivity contribution is 5.96. The van der Waals surface area contributed by atoms with Gasteiger partial charge in [0.05, 0.1) is 18.1 Å². The minimum atomic E-state index is 0.0107. The van der Waals surface area contributed by atoms with Crippen LogP contribution in [0.25, 0.3) is 16.8 Å². The summed E-state index contributed by atoms with van der Waals surface area (Å²) in [6, 6.07) is 9.36. The van der Waals surface area contributed by atoms with Crippen LogP contribution in [0.3, 0.4) is 0 Å². The molecule has 2 saturated carbocycles. The van der Waals surface area contributed by atoms with Gasteiger partial charge in [0.25, 0.3) is 5.91 Å². The van der Waals surface area contributed by atoms with Crippen molar-refractivity contribution in [2.45, 2.75) is 70.4 Å². The lowest BCUT2D eigenvalue weighted by atomic mass is 9.86. The molecule has 0 unspecified atom stereocenters. The summed E-state index contributed by atoms with van der Waals surface area (Å²) >= 11 is 0. The van der Waals surface area contributed by atoms with Crippen molar-refractivity contribution < 1.29 is 4.79 Å². The maximum Gasteiger partial charge on any atom is 0.251 e. The minimum Gasteiger partial charge on any atom is -0.349 e. The summed E-state index contributed by atoms with van der Waals surface area (Å²) in [6.45, 7) is 4.58. The van der Waals surface area contributed by atoms with Crippen LogP contribution in [-0.2, 0) is 6.42 Å². The Morgan fingerprint density at radius 1 is 1.03 bits per heavy atom. The van der Waals surface area contributed by atoms with Crippen molar-refractivity contribution in [1.29, 1.82) is 0 Å². The summed E-state index contributed by atoms with van der Waals surface area (Å²) in [5.74, 6) is 0.750. The van der Waals surface area contributed by atoms with Crippen LogP contribution in [-0.4, -0.2) is 50.7 Å². The summed E-state index contributed by atoms with van der Waals surface area (Å²) in [6.07, 6.45) is 17.9. The molecule has 2 aliphatic carbocycles. The Bertz CT molecular complexity index is 1200. The highest BCUT2D eigenvalue weighted by Gasteiger charge is 2.29. The second kappa shape index (κ2) is 9.57. The third kappa shape index (κ3) is 5.03. The van der Waals surface area contributed by atoms with E-state index in [1.54, 1.807) is 0 Å². The molecule has 0 bridgehead atoms. The number of carbonyl (C=O) groups excluding carboxylic acids is 1. The monoisotopic (exact) mass is 469 g/mol. The molecule has 1 saturated heterocycles. The Kier molecular flexibility index (Phi) is 6.15. The highest BCUT2D eigenvalue weighted by atomic mass is 16.1. The first kappa shape index (κ1) is 22.5. The molecule has 3 aliphatic rings. The molecule has 3 fully saturated rings. The average molecular weight is 470 g/mol. The van der Waals surface area contributed by atoms with Crippen LogP contribution in [0.15, 0.2) is 49.1 Å². The van der Waals surface area contributed by atoms with Gasteiger partial charge in [0.2, 0.25) is 0 Å². The molecule has 6 rings (SSSR count). The highest BCUT2D eigenvalue weighted by Crippen LogP contribution is 2.31. The lowest BCUT2D eigenvalue weighted by molar-refractivity contribution is 0.0846. The molecule has 182 valence electrons. The number of hydrogen-bond donors (Lipinski definition) is 1. The summed E-state index contributed by atoms with van der Waals surface area (Å²) in [7, 11) is 0. The first-order valence-electron chi connectivity index (χ1n) is 13.3. The second-order valence-electron chi connectivity index (χ2n) is 10.8. The number of hydrogen-bond acceptors (Lipinski definition) is 4. The van der Waals surface area contributed by atoms with Crippen molar-refractivity contribution in [3.8, 4) is 16.8 Å². The number of amides is 1. The van der Waals surface area contributed by atoms with Gasteiger partial charge < -0.3 is 10.2 Å². The molecule has 1 aromatic carbocycles. The number of carbonyl (C=O) groups is 1. The van der Waals surface area contributed by atoms with Crippen LogP contribution >= 0.6 is 0 Å². The molecule has 0 spiro atoms. The molecular weight excluding hydrogens is 434 g/mol. The second-order valence-corrected chi connectivity index (χ2v) is 10.8. The lowest BCUT2D eigenvalue weighted by Gasteiger charge is -2.41. The fraction of sp³-hybridized carbons (Fsp3) is 0.483. The molecule has 3 heterocycles. The molecule has 35 heavy (non-hydrogen) atoms. The van der Waals surface area contributed by atoms with Crippen LogP contribution in [0.5, 0.6) is 0 Å². The largest absolute Gasteiger partial charge is 0.349 e. The zero-order valence-corrected chi connectivity index (χ0v) is 20.6. The number of piperidine rings is 1. The maximum absolute atomic E-state index is 12.5. The topological polar surface area (TPSA) is 63.1 Å². The van der Waals surface area contributed by atoms with Gasteiger partial charge in [-0.15, -0.1) is 0 Å². The summed E-state index contributed by atoms with van der Waals surface area (Å²) < 4.78 is 1.90. The molecule has 1 N–H and O–H groups in total. The van der Waals surface area contributed by atoms with Gasteiger partial charge in [0, 0.05) is 35.6 Å². The molecule has 6 heteroatoms. The zero-order chi connectivity index (χ0) is 23.8. The van der Waals surface area contributed by atoms with E-state index in [0.717, 1.165) is 53.6 Å². The van der Waals surface area contributed by atoms with Gasteiger partial charge in [-0.1, -0.05) is 12.5 Å². The molecule has 1 aliphatic heterocycles. The van der Waals surface area contributed by atoms with Crippen molar-refractivity contribution in [3.05, 3.63) is 65.7 Å². The Morgan fingerprint density at radius 3 is 2.60 bits per heavy atom. The molecule has 3 aromatic rings. The van der Waals surface area contributed by atoms with Crippen LogP contribution in [0.1, 0.15) is 66.4 Å². The SMILES string of the molecule is Cc1ccc(C(=O)NC2CC2)cc1-c1cnn(-c2cncc(CC3CCN(C4CCC4)CC3)c2)c1. The van der Waals surface area contributed by atoms with Crippen molar-refractivity contribution in [2.24, 2.45) is 5.92 Å². The van der Waals surface area contributed by atoms with E-state index in [2.05, 4.69) is 33.3 Å². The Balaban J connectivity index is 1.14. The summed E-state index contributed by atoms with van der Waals surface area (Å²) in [4.78, 5) is 19.8. The third-order valence-electron chi connectivity index (χ3n) is 8.12. The van der Waals surface area contributed by atoms with E-state index in [-0.39, 0.29) is 5.91 Å². The van der Waals surface area contributed by atoms with Crippen LogP contribution in [0.4, 0.5) is 0 Å². The number of rotatable bonds is 7. The number of aryl methyl sites for hydroxylation is 1.